The number of carbonyl (C=O) groups is 1. The number of hydrogen-bond acceptors (Lipinski definition) is 5. The first-order chi connectivity index (χ1) is 12.1. The standard InChI is InChI=1S/C19H28N2O4/c1-14(19(22)23)25-18-15(7-6-8-17(18)24-2)11-20-12-16(13-20)21-9-4-3-5-10-21/h6-8,14,16H,3-5,9-13H2,1-2H3,(H,22,23)/t14-/m0/s1. The summed E-state index contributed by atoms with van der Waals surface area (Å²) in [6.07, 6.45) is 3.08. The first kappa shape index (κ1) is 18.0. The molecule has 6 heteroatoms. The average Bonchev–Trinajstić information content (AvgIpc) is 2.59. The molecule has 2 heterocycles. The summed E-state index contributed by atoms with van der Waals surface area (Å²) in [6, 6.07) is 6.38. The highest BCUT2D eigenvalue weighted by Gasteiger charge is 2.33. The van der Waals surface area contributed by atoms with Crippen molar-refractivity contribution in [2.24, 2.45) is 0 Å². The molecule has 0 radical (unpaired) electrons. The summed E-state index contributed by atoms with van der Waals surface area (Å²) in [5.41, 5.74) is 0.976. The third-order valence-electron chi connectivity index (χ3n) is 5.16. The number of ether oxygens (including phenoxy) is 2. The Labute approximate surface area is 149 Å². The Hall–Kier alpha value is -1.79. The lowest BCUT2D eigenvalue weighted by molar-refractivity contribution is -0.144. The Morgan fingerprint density at radius 3 is 2.64 bits per heavy atom. The largest absolute Gasteiger partial charge is 0.493 e. The van der Waals surface area contributed by atoms with Gasteiger partial charge in [-0.05, 0) is 38.9 Å². The Morgan fingerprint density at radius 2 is 2.00 bits per heavy atom. The van der Waals surface area contributed by atoms with Crippen LogP contribution in [0.1, 0.15) is 31.7 Å². The Balaban J connectivity index is 1.63. The first-order valence-corrected chi connectivity index (χ1v) is 9.10. The number of benzene rings is 1. The fourth-order valence-electron chi connectivity index (χ4n) is 3.63. The first-order valence-electron chi connectivity index (χ1n) is 9.10. The van der Waals surface area contributed by atoms with Gasteiger partial charge in [0.25, 0.3) is 0 Å². The summed E-state index contributed by atoms with van der Waals surface area (Å²) in [5, 5.41) is 9.13. The molecular weight excluding hydrogens is 320 g/mol. The van der Waals surface area contributed by atoms with Crippen molar-refractivity contribution in [1.82, 2.24) is 9.80 Å². The van der Waals surface area contributed by atoms with E-state index in [2.05, 4.69) is 9.80 Å². The summed E-state index contributed by atoms with van der Waals surface area (Å²) in [4.78, 5) is 16.1. The van der Waals surface area contributed by atoms with Crippen LogP contribution in [0.4, 0.5) is 0 Å². The molecule has 25 heavy (non-hydrogen) atoms. The minimum atomic E-state index is -0.981. The van der Waals surface area contributed by atoms with Crippen molar-refractivity contribution in [2.45, 2.75) is 44.9 Å². The van der Waals surface area contributed by atoms with Crippen LogP contribution in [-0.2, 0) is 11.3 Å². The normalized spacial score (nSPS) is 20.7. The third kappa shape index (κ3) is 4.25. The molecule has 0 bridgehead atoms. The maximum Gasteiger partial charge on any atom is 0.344 e. The Kier molecular flexibility index (Phi) is 5.81. The number of carboxylic acids is 1. The van der Waals surface area contributed by atoms with Gasteiger partial charge < -0.3 is 14.6 Å². The monoisotopic (exact) mass is 348 g/mol. The van der Waals surface area contributed by atoms with Gasteiger partial charge in [0.2, 0.25) is 0 Å². The van der Waals surface area contributed by atoms with E-state index < -0.39 is 12.1 Å². The van der Waals surface area contributed by atoms with Crippen molar-refractivity contribution < 1.29 is 19.4 Å². The quantitative estimate of drug-likeness (QED) is 0.815. The van der Waals surface area contributed by atoms with E-state index in [9.17, 15) is 4.79 Å². The highest BCUT2D eigenvalue weighted by atomic mass is 16.5. The van der Waals surface area contributed by atoms with Gasteiger partial charge in [0.15, 0.2) is 17.6 Å². The number of rotatable bonds is 7. The van der Waals surface area contributed by atoms with Crippen molar-refractivity contribution in [3.63, 3.8) is 0 Å². The molecule has 138 valence electrons. The van der Waals surface area contributed by atoms with Crippen LogP contribution in [-0.4, -0.2) is 66.3 Å². The SMILES string of the molecule is COc1cccc(CN2CC(N3CCCCC3)C2)c1O[C@@H](C)C(=O)O. The highest BCUT2D eigenvalue weighted by molar-refractivity contribution is 5.72. The predicted molar refractivity (Wildman–Crippen MR) is 95.2 cm³/mol. The molecule has 3 rings (SSSR count). The molecule has 2 aliphatic heterocycles. The average molecular weight is 348 g/mol. The van der Waals surface area contributed by atoms with Crippen molar-refractivity contribution in [3.05, 3.63) is 23.8 Å². The van der Waals surface area contributed by atoms with Crippen LogP contribution < -0.4 is 9.47 Å². The number of carboxylic acid groups (broad SMARTS) is 1. The second-order valence-electron chi connectivity index (χ2n) is 6.99. The molecule has 2 aliphatic rings. The third-order valence-corrected chi connectivity index (χ3v) is 5.16. The van der Waals surface area contributed by atoms with Crippen LogP contribution in [0.2, 0.25) is 0 Å². The molecule has 1 N–H and O–H groups in total. The molecule has 0 spiro atoms. The highest BCUT2D eigenvalue weighted by Crippen LogP contribution is 2.34. The molecule has 0 saturated carbocycles. The van der Waals surface area contributed by atoms with Gasteiger partial charge in [0.05, 0.1) is 7.11 Å². The van der Waals surface area contributed by atoms with E-state index in [0.717, 1.165) is 25.2 Å². The topological polar surface area (TPSA) is 62.2 Å². The van der Waals surface area contributed by atoms with Crippen molar-refractivity contribution in [2.75, 3.05) is 33.3 Å². The van der Waals surface area contributed by atoms with Crippen LogP contribution >= 0.6 is 0 Å². The number of piperidine rings is 1. The molecule has 1 aromatic rings. The van der Waals surface area contributed by atoms with E-state index in [1.807, 2.05) is 12.1 Å². The van der Waals surface area contributed by atoms with E-state index in [1.54, 1.807) is 13.2 Å². The summed E-state index contributed by atoms with van der Waals surface area (Å²) in [5.74, 6) is 0.144. The maximum absolute atomic E-state index is 11.1. The number of nitrogens with zero attached hydrogens (tertiary/aromatic N) is 2. The number of methoxy groups -OCH3 is 1. The van der Waals surface area contributed by atoms with Crippen molar-refractivity contribution >= 4 is 5.97 Å². The Morgan fingerprint density at radius 1 is 1.28 bits per heavy atom. The molecule has 1 aromatic carbocycles. The van der Waals surface area contributed by atoms with Crippen molar-refractivity contribution in [3.8, 4) is 11.5 Å². The molecular formula is C19H28N2O4. The zero-order valence-corrected chi connectivity index (χ0v) is 15.1. The Bertz CT molecular complexity index is 595. The number of hydrogen-bond donors (Lipinski definition) is 1. The molecule has 6 nitrogen and oxygen atoms in total. The van der Waals surface area contributed by atoms with Gasteiger partial charge in [-0.3, -0.25) is 9.80 Å². The molecule has 0 aliphatic carbocycles. The molecule has 0 unspecified atom stereocenters. The smallest absolute Gasteiger partial charge is 0.344 e. The van der Waals surface area contributed by atoms with E-state index in [4.69, 9.17) is 14.6 Å². The zero-order valence-electron chi connectivity index (χ0n) is 15.1. The van der Waals surface area contributed by atoms with Gasteiger partial charge in [-0.25, -0.2) is 4.79 Å². The lowest BCUT2D eigenvalue weighted by atomic mass is 10.0. The van der Waals surface area contributed by atoms with Gasteiger partial charge in [-0.1, -0.05) is 18.6 Å². The molecule has 0 amide bonds. The van der Waals surface area contributed by atoms with E-state index in [0.29, 0.717) is 17.5 Å². The summed E-state index contributed by atoms with van der Waals surface area (Å²) in [7, 11) is 1.58. The van der Waals surface area contributed by atoms with E-state index in [1.165, 1.54) is 39.3 Å². The fraction of sp³-hybridized carbons (Fsp3) is 0.632. The van der Waals surface area contributed by atoms with Gasteiger partial charge in [0.1, 0.15) is 0 Å². The van der Waals surface area contributed by atoms with E-state index >= 15 is 0 Å². The fourth-order valence-corrected chi connectivity index (χ4v) is 3.63. The molecule has 2 fully saturated rings. The minimum absolute atomic E-state index is 0.543. The predicted octanol–water partition coefficient (Wildman–Crippen LogP) is 2.22. The summed E-state index contributed by atoms with van der Waals surface area (Å²) in [6.45, 7) is 6.86. The molecule has 2 saturated heterocycles. The minimum Gasteiger partial charge on any atom is -0.493 e. The second-order valence-corrected chi connectivity index (χ2v) is 6.99. The van der Waals surface area contributed by atoms with Crippen LogP contribution in [0.25, 0.3) is 0 Å². The van der Waals surface area contributed by atoms with Gasteiger partial charge >= 0.3 is 5.97 Å². The maximum atomic E-state index is 11.1. The summed E-state index contributed by atoms with van der Waals surface area (Å²) >= 11 is 0. The number of para-hydroxylation sites is 1. The second kappa shape index (κ2) is 8.06. The van der Waals surface area contributed by atoms with Crippen LogP contribution in [0.5, 0.6) is 11.5 Å². The van der Waals surface area contributed by atoms with Gasteiger partial charge in [-0.15, -0.1) is 0 Å². The lowest BCUT2D eigenvalue weighted by Gasteiger charge is -2.47. The molecule has 0 aromatic heterocycles. The van der Waals surface area contributed by atoms with Gasteiger partial charge in [-0.2, -0.15) is 0 Å². The summed E-state index contributed by atoms with van der Waals surface area (Å²) < 4.78 is 11.1. The lowest BCUT2D eigenvalue weighted by Crippen LogP contribution is -2.59. The molecule has 1 atom stereocenters. The number of aliphatic carboxylic acids is 1. The van der Waals surface area contributed by atoms with Crippen LogP contribution in [0, 0.1) is 0 Å². The number of likely N-dealkylation sites (tertiary alicyclic amines) is 2. The van der Waals surface area contributed by atoms with Crippen LogP contribution in [0.15, 0.2) is 18.2 Å². The van der Waals surface area contributed by atoms with E-state index in [-0.39, 0.29) is 0 Å². The zero-order chi connectivity index (χ0) is 17.8. The van der Waals surface area contributed by atoms with Gasteiger partial charge in [0, 0.05) is 31.2 Å². The van der Waals surface area contributed by atoms with Crippen molar-refractivity contribution in [1.29, 1.82) is 0 Å². The van der Waals surface area contributed by atoms with Crippen LogP contribution in [0.3, 0.4) is 0 Å².